The zero-order valence-electron chi connectivity index (χ0n) is 35.5. The van der Waals surface area contributed by atoms with Crippen LogP contribution in [-0.4, -0.2) is 127 Å². The number of aromatic nitrogens is 2. The molecule has 2 aliphatic carbocycles. The number of nitrogens with one attached hydrogen (secondary N) is 4. The summed E-state index contributed by atoms with van der Waals surface area (Å²) in [6.45, 7) is 17.1. The van der Waals surface area contributed by atoms with Crippen LogP contribution in [0.3, 0.4) is 0 Å². The Labute approximate surface area is 343 Å². The summed E-state index contributed by atoms with van der Waals surface area (Å²) in [7, 11) is 0. The minimum absolute atomic E-state index is 0.0829. The van der Waals surface area contributed by atoms with Crippen LogP contribution in [0.1, 0.15) is 119 Å². The van der Waals surface area contributed by atoms with E-state index in [1.54, 1.807) is 0 Å². The van der Waals surface area contributed by atoms with E-state index in [1.807, 2.05) is 17.2 Å². The van der Waals surface area contributed by atoms with Crippen LogP contribution in [0.15, 0.2) is 30.5 Å². The van der Waals surface area contributed by atoms with Gasteiger partial charge in [-0.3, -0.25) is 30.2 Å². The smallest absolute Gasteiger partial charge is 0.239 e. The molecule has 0 bridgehead atoms. The predicted molar refractivity (Wildman–Crippen MR) is 229 cm³/mol. The summed E-state index contributed by atoms with van der Waals surface area (Å²) in [4.78, 5) is 44.6. The fraction of sp³-hybridized carbons (Fsp3) is 0.733. The van der Waals surface area contributed by atoms with E-state index >= 15 is 0 Å². The molecule has 2 aromatic rings. The fourth-order valence-corrected chi connectivity index (χ4v) is 9.64. The van der Waals surface area contributed by atoms with Crippen molar-refractivity contribution < 1.29 is 9.59 Å². The molecule has 5 atom stereocenters. The van der Waals surface area contributed by atoms with E-state index < -0.39 is 0 Å². The van der Waals surface area contributed by atoms with Gasteiger partial charge >= 0.3 is 0 Å². The molecule has 4 heterocycles. The number of pyridine rings is 2. The van der Waals surface area contributed by atoms with Crippen molar-refractivity contribution in [2.24, 2.45) is 17.6 Å². The lowest BCUT2D eigenvalue weighted by atomic mass is 9.90. The molecule has 12 heteroatoms. The Kier molecular flexibility index (Phi) is 17.1. The quantitative estimate of drug-likeness (QED) is 0.126. The van der Waals surface area contributed by atoms with Gasteiger partial charge < -0.3 is 31.1 Å². The monoisotopic (exact) mass is 787 g/mol. The average Bonchev–Trinajstić information content (AvgIpc) is 3.23. The Morgan fingerprint density at radius 1 is 0.807 bits per heavy atom. The first kappa shape index (κ1) is 43.6. The molecule has 0 saturated carbocycles. The molecule has 2 saturated heterocycles. The number of hydrogen-bond donors (Lipinski definition) is 5. The number of carbonyl (C=O) groups excluding carboxylic acids is 2. The van der Waals surface area contributed by atoms with Crippen LogP contribution in [0.25, 0.3) is 0 Å². The van der Waals surface area contributed by atoms with Crippen LogP contribution in [0.4, 0.5) is 0 Å². The molecule has 2 aliphatic heterocycles. The van der Waals surface area contributed by atoms with Crippen LogP contribution in [0.2, 0.25) is 0 Å². The summed E-state index contributed by atoms with van der Waals surface area (Å²) in [5.41, 5.74) is 11.9. The topological polar surface area (TPSA) is 144 Å². The number of nitrogens with zero attached hydrogens (tertiary/aromatic N) is 5. The Balaban J connectivity index is 1.08. The molecule has 316 valence electrons. The van der Waals surface area contributed by atoms with Crippen molar-refractivity contribution in [2.75, 3.05) is 78.5 Å². The van der Waals surface area contributed by atoms with Crippen LogP contribution in [0.5, 0.6) is 0 Å². The Hall–Kier alpha value is -3.00. The molecular formula is C45H74N10O2. The standard InChI is InChI=1S/C45H74N10O2/c1-33(2)31-53(25-9-16-41(45(57)55-28-23-48-24-29-55)51-38-14-6-10-35-12-8-20-49-42(35)38)32-34(3)30-37-18-17-36-11-7-15-39(43(36)50-37)52-40(13-4-5-19-46)44(56)54-26-21-47-22-27-54/h8,12,17-18,20,33-34,38-41,47-48,51-52H,4-7,9-11,13-16,19,21-32,46H2,1-3H3. The second-order valence-electron chi connectivity index (χ2n) is 17.8. The van der Waals surface area contributed by atoms with Crippen LogP contribution in [-0.2, 0) is 28.9 Å². The molecule has 0 aromatic carbocycles. The number of carbonyl (C=O) groups is 2. The highest BCUT2D eigenvalue weighted by atomic mass is 16.2. The van der Waals surface area contributed by atoms with Crippen molar-refractivity contribution in [3.63, 3.8) is 0 Å². The summed E-state index contributed by atoms with van der Waals surface area (Å²) in [5.74, 6) is 1.43. The zero-order valence-corrected chi connectivity index (χ0v) is 35.5. The number of fused-ring (bicyclic) bond motifs is 2. The second-order valence-corrected chi connectivity index (χ2v) is 17.8. The summed E-state index contributed by atoms with van der Waals surface area (Å²) < 4.78 is 0. The van der Waals surface area contributed by atoms with Crippen molar-refractivity contribution in [1.29, 1.82) is 0 Å². The van der Waals surface area contributed by atoms with E-state index in [9.17, 15) is 9.59 Å². The third-order valence-electron chi connectivity index (χ3n) is 12.5. The lowest BCUT2D eigenvalue weighted by Gasteiger charge is -2.35. The second kappa shape index (κ2) is 22.4. The largest absolute Gasteiger partial charge is 0.339 e. The molecule has 0 radical (unpaired) electrons. The maximum absolute atomic E-state index is 14.0. The van der Waals surface area contributed by atoms with Crippen LogP contribution < -0.4 is 27.0 Å². The highest BCUT2D eigenvalue weighted by Crippen LogP contribution is 2.31. The summed E-state index contributed by atoms with van der Waals surface area (Å²) in [6, 6.07) is 8.55. The maximum Gasteiger partial charge on any atom is 0.239 e. The third kappa shape index (κ3) is 12.7. The number of piperazine rings is 2. The highest BCUT2D eigenvalue weighted by Gasteiger charge is 2.32. The molecule has 12 nitrogen and oxygen atoms in total. The van der Waals surface area contributed by atoms with Crippen molar-refractivity contribution in [3.8, 4) is 0 Å². The minimum Gasteiger partial charge on any atom is -0.339 e. The van der Waals surface area contributed by atoms with Crippen molar-refractivity contribution in [1.82, 2.24) is 45.9 Å². The van der Waals surface area contributed by atoms with Gasteiger partial charge in [-0.15, -0.1) is 0 Å². The van der Waals surface area contributed by atoms with Gasteiger partial charge in [-0.1, -0.05) is 39.3 Å². The lowest BCUT2D eigenvalue weighted by molar-refractivity contribution is -0.135. The minimum atomic E-state index is -0.215. The molecule has 2 fully saturated rings. The predicted octanol–water partition coefficient (Wildman–Crippen LogP) is 3.76. The molecule has 6 rings (SSSR count). The molecule has 2 aromatic heterocycles. The molecule has 2 amide bonds. The molecule has 57 heavy (non-hydrogen) atoms. The van der Waals surface area contributed by atoms with E-state index in [-0.39, 0.29) is 36.0 Å². The lowest BCUT2D eigenvalue weighted by Crippen LogP contribution is -2.54. The molecule has 0 spiro atoms. The van der Waals surface area contributed by atoms with Gasteiger partial charge in [0.25, 0.3) is 0 Å². The molecule has 4 aliphatic rings. The Bertz CT molecular complexity index is 1540. The number of hydrogen-bond acceptors (Lipinski definition) is 10. The Morgan fingerprint density at radius 3 is 2.02 bits per heavy atom. The first-order valence-corrected chi connectivity index (χ1v) is 22.6. The number of unbranched alkanes of at least 4 members (excludes halogenated alkanes) is 1. The van der Waals surface area contributed by atoms with Gasteiger partial charge in [0, 0.05) is 77.3 Å². The van der Waals surface area contributed by atoms with Gasteiger partial charge in [0.1, 0.15) is 0 Å². The Morgan fingerprint density at radius 2 is 1.40 bits per heavy atom. The average molecular weight is 787 g/mol. The maximum atomic E-state index is 14.0. The normalized spacial score (nSPS) is 21.6. The summed E-state index contributed by atoms with van der Waals surface area (Å²) >= 11 is 0. The summed E-state index contributed by atoms with van der Waals surface area (Å²) in [5, 5.41) is 14.5. The molecule has 6 N–H and O–H groups in total. The van der Waals surface area contributed by atoms with Crippen molar-refractivity contribution in [3.05, 3.63) is 58.7 Å². The van der Waals surface area contributed by atoms with E-state index in [2.05, 4.69) is 70.0 Å². The van der Waals surface area contributed by atoms with E-state index in [1.165, 1.54) is 11.1 Å². The van der Waals surface area contributed by atoms with Gasteiger partial charge in [-0.25, -0.2) is 0 Å². The van der Waals surface area contributed by atoms with Gasteiger partial charge in [0.05, 0.1) is 35.6 Å². The van der Waals surface area contributed by atoms with E-state index in [0.717, 1.165) is 166 Å². The van der Waals surface area contributed by atoms with Crippen molar-refractivity contribution >= 4 is 11.8 Å². The molecular weight excluding hydrogens is 713 g/mol. The third-order valence-corrected chi connectivity index (χ3v) is 12.5. The van der Waals surface area contributed by atoms with Gasteiger partial charge in [0.2, 0.25) is 11.8 Å². The summed E-state index contributed by atoms with van der Waals surface area (Å²) in [6.07, 6.45) is 13.6. The number of amides is 2. The van der Waals surface area contributed by atoms with Crippen molar-refractivity contribution in [2.45, 2.75) is 122 Å². The van der Waals surface area contributed by atoms with Gasteiger partial charge in [-0.2, -0.15) is 0 Å². The first-order chi connectivity index (χ1) is 27.8. The number of aryl methyl sites for hydroxylation is 2. The van der Waals surface area contributed by atoms with E-state index in [0.29, 0.717) is 18.4 Å². The zero-order chi connectivity index (χ0) is 40.0. The van der Waals surface area contributed by atoms with Crippen LogP contribution in [0, 0.1) is 11.8 Å². The van der Waals surface area contributed by atoms with Crippen LogP contribution >= 0.6 is 0 Å². The highest BCUT2D eigenvalue weighted by molar-refractivity contribution is 5.82. The van der Waals surface area contributed by atoms with Gasteiger partial charge in [-0.05, 0) is 119 Å². The first-order valence-electron chi connectivity index (χ1n) is 22.6. The fourth-order valence-electron chi connectivity index (χ4n) is 9.64. The van der Waals surface area contributed by atoms with E-state index in [4.69, 9.17) is 15.7 Å². The molecule has 5 unspecified atom stereocenters. The SMILES string of the molecule is CC(C)CN(CCCC(NC1CCCc2cccnc21)C(=O)N1CCNCC1)CC(C)Cc1ccc2c(n1)C(NC(CCCCN)C(=O)N1CCNCC1)CCC2. The number of nitrogens with two attached hydrogens (primary N) is 1. The number of rotatable bonds is 20. The van der Waals surface area contributed by atoms with Gasteiger partial charge in [0.15, 0.2) is 0 Å².